The van der Waals surface area contributed by atoms with Crippen LogP contribution in [0.4, 0.5) is 10.6 Å². The van der Waals surface area contributed by atoms with Crippen molar-refractivity contribution in [3.05, 3.63) is 34.3 Å². The van der Waals surface area contributed by atoms with Gasteiger partial charge in [0.25, 0.3) is 0 Å². The predicted molar refractivity (Wildman–Crippen MR) is 85.4 cm³/mol. The quantitative estimate of drug-likeness (QED) is 0.749. The number of rotatable bonds is 5. The van der Waals surface area contributed by atoms with Crippen LogP contribution in [0.3, 0.4) is 0 Å². The monoisotopic (exact) mass is 370 g/mol. The fourth-order valence-electron chi connectivity index (χ4n) is 1.73. The van der Waals surface area contributed by atoms with E-state index in [1.165, 1.54) is 0 Å². The summed E-state index contributed by atoms with van der Waals surface area (Å²) < 4.78 is 11.3. The molecule has 0 unspecified atom stereocenters. The highest BCUT2D eigenvalue weighted by Gasteiger charge is 2.17. The molecule has 0 atom stereocenters. The van der Waals surface area contributed by atoms with Gasteiger partial charge in [-0.15, -0.1) is 0 Å². The Kier molecular flexibility index (Phi) is 5.25. The van der Waals surface area contributed by atoms with Gasteiger partial charge >= 0.3 is 6.09 Å². The summed E-state index contributed by atoms with van der Waals surface area (Å²) in [6, 6.07) is 3.72. The minimum absolute atomic E-state index is 0.516. The van der Waals surface area contributed by atoms with E-state index in [9.17, 15) is 4.79 Å². The molecule has 7 nitrogen and oxygen atoms in total. The number of carbonyl (C=O) groups excluding carboxylic acids is 1. The summed E-state index contributed by atoms with van der Waals surface area (Å²) in [5, 5.41) is 12.5. The molecule has 0 spiro atoms. The number of furan rings is 1. The second kappa shape index (κ2) is 6.97. The molecule has 8 heteroatoms. The molecular formula is C14H19BrN4O3. The molecule has 0 saturated heterocycles. The predicted octanol–water partition coefficient (Wildman–Crippen LogP) is 3.40. The largest absolute Gasteiger partial charge is 0.453 e. The number of aromatic amines is 1. The maximum Gasteiger partial charge on any atom is 0.413 e. The number of anilines is 1. The number of hydrogen-bond acceptors (Lipinski definition) is 5. The van der Waals surface area contributed by atoms with E-state index in [2.05, 4.69) is 36.8 Å². The standard InChI is InChI=1S/C14H19BrN4O3/c1-14(2,3)22-13(20)18-12-9(7-17-19-12)6-16-8-10-4-5-11(15)21-10/h4-5,7,16H,6,8H2,1-3H3,(H2,17,18,19,20). The Morgan fingerprint density at radius 2 is 2.18 bits per heavy atom. The van der Waals surface area contributed by atoms with Crippen LogP contribution in [-0.4, -0.2) is 21.9 Å². The highest BCUT2D eigenvalue weighted by atomic mass is 79.9. The third-order valence-electron chi connectivity index (χ3n) is 2.59. The molecule has 3 N–H and O–H groups in total. The SMILES string of the molecule is CC(C)(C)OC(=O)Nc1[nH]ncc1CNCc1ccc(Br)o1. The number of aromatic nitrogens is 2. The molecular weight excluding hydrogens is 352 g/mol. The van der Waals surface area contributed by atoms with Crippen LogP contribution >= 0.6 is 15.9 Å². The van der Waals surface area contributed by atoms with Crippen molar-refractivity contribution in [2.24, 2.45) is 0 Å². The maximum atomic E-state index is 11.8. The number of amides is 1. The first kappa shape index (κ1) is 16.6. The van der Waals surface area contributed by atoms with Gasteiger partial charge in [-0.1, -0.05) is 0 Å². The van der Waals surface area contributed by atoms with Crippen molar-refractivity contribution in [1.82, 2.24) is 15.5 Å². The minimum atomic E-state index is -0.546. The molecule has 2 aromatic rings. The summed E-state index contributed by atoms with van der Waals surface area (Å²) >= 11 is 3.25. The van der Waals surface area contributed by atoms with E-state index in [1.807, 2.05) is 32.9 Å². The molecule has 22 heavy (non-hydrogen) atoms. The van der Waals surface area contributed by atoms with Crippen LogP contribution in [0.15, 0.2) is 27.4 Å². The van der Waals surface area contributed by atoms with Crippen molar-refractivity contribution in [3.8, 4) is 0 Å². The van der Waals surface area contributed by atoms with Crippen LogP contribution in [0.25, 0.3) is 0 Å². The summed E-state index contributed by atoms with van der Waals surface area (Å²) in [5.74, 6) is 1.33. The van der Waals surface area contributed by atoms with Gasteiger partial charge in [0.05, 0.1) is 12.7 Å². The first-order valence-electron chi connectivity index (χ1n) is 6.80. The molecule has 1 amide bonds. The topological polar surface area (TPSA) is 92.2 Å². The van der Waals surface area contributed by atoms with Crippen molar-refractivity contribution in [1.29, 1.82) is 0 Å². The molecule has 120 valence electrons. The fourth-order valence-corrected chi connectivity index (χ4v) is 2.07. The van der Waals surface area contributed by atoms with Gasteiger partial charge in [0.15, 0.2) is 4.67 Å². The lowest BCUT2D eigenvalue weighted by molar-refractivity contribution is 0.0635. The fraction of sp³-hybridized carbons (Fsp3) is 0.429. The normalized spacial score (nSPS) is 11.5. The van der Waals surface area contributed by atoms with E-state index >= 15 is 0 Å². The Balaban J connectivity index is 1.85. The first-order chi connectivity index (χ1) is 10.3. The van der Waals surface area contributed by atoms with Gasteiger partial charge < -0.3 is 14.5 Å². The van der Waals surface area contributed by atoms with Crippen LogP contribution in [0.5, 0.6) is 0 Å². The second-order valence-electron chi connectivity index (χ2n) is 5.71. The smallest absolute Gasteiger partial charge is 0.413 e. The van der Waals surface area contributed by atoms with E-state index in [0.29, 0.717) is 23.6 Å². The molecule has 0 aliphatic heterocycles. The zero-order valence-corrected chi connectivity index (χ0v) is 14.3. The summed E-state index contributed by atoms with van der Waals surface area (Å²) in [6.45, 7) is 6.53. The number of nitrogens with zero attached hydrogens (tertiary/aromatic N) is 1. The molecule has 0 aliphatic carbocycles. The number of hydrogen-bond donors (Lipinski definition) is 3. The summed E-state index contributed by atoms with van der Waals surface area (Å²) in [7, 11) is 0. The first-order valence-corrected chi connectivity index (χ1v) is 7.60. The van der Waals surface area contributed by atoms with Gasteiger partial charge in [-0.25, -0.2) is 4.79 Å². The van der Waals surface area contributed by atoms with Gasteiger partial charge in [0, 0.05) is 12.1 Å². The van der Waals surface area contributed by atoms with Gasteiger partial charge in [-0.2, -0.15) is 5.10 Å². The van der Waals surface area contributed by atoms with Crippen LogP contribution in [0, 0.1) is 0 Å². The van der Waals surface area contributed by atoms with Gasteiger partial charge in [0.1, 0.15) is 17.2 Å². The van der Waals surface area contributed by atoms with E-state index < -0.39 is 11.7 Å². The van der Waals surface area contributed by atoms with Crippen LogP contribution < -0.4 is 10.6 Å². The van der Waals surface area contributed by atoms with Crippen molar-refractivity contribution in [3.63, 3.8) is 0 Å². The lowest BCUT2D eigenvalue weighted by Crippen LogP contribution is -2.27. The summed E-state index contributed by atoms with van der Waals surface area (Å²) in [6.07, 6.45) is 1.13. The van der Waals surface area contributed by atoms with Crippen molar-refractivity contribution >= 4 is 27.8 Å². The average Bonchev–Trinajstić information content (AvgIpc) is 2.97. The van der Waals surface area contributed by atoms with E-state index in [0.717, 1.165) is 11.3 Å². The molecule has 0 radical (unpaired) electrons. The molecule has 0 bridgehead atoms. The molecule has 0 aromatic carbocycles. The van der Waals surface area contributed by atoms with Crippen molar-refractivity contribution in [2.75, 3.05) is 5.32 Å². The maximum absolute atomic E-state index is 11.8. The third kappa shape index (κ3) is 5.19. The van der Waals surface area contributed by atoms with Crippen LogP contribution in [0.1, 0.15) is 32.1 Å². The van der Waals surface area contributed by atoms with E-state index in [1.54, 1.807) is 6.20 Å². The van der Waals surface area contributed by atoms with Gasteiger partial charge in [-0.05, 0) is 48.8 Å². The Morgan fingerprint density at radius 1 is 1.41 bits per heavy atom. The van der Waals surface area contributed by atoms with Gasteiger partial charge in [0.2, 0.25) is 0 Å². The van der Waals surface area contributed by atoms with Crippen LogP contribution in [-0.2, 0) is 17.8 Å². The Morgan fingerprint density at radius 3 is 2.82 bits per heavy atom. The second-order valence-corrected chi connectivity index (χ2v) is 6.49. The number of ether oxygens (including phenoxy) is 1. The molecule has 2 aromatic heterocycles. The molecule has 0 fully saturated rings. The summed E-state index contributed by atoms with van der Waals surface area (Å²) in [4.78, 5) is 11.8. The van der Waals surface area contributed by atoms with Crippen molar-refractivity contribution < 1.29 is 13.9 Å². The Labute approximate surface area is 136 Å². The lowest BCUT2D eigenvalue weighted by Gasteiger charge is -2.19. The van der Waals surface area contributed by atoms with Gasteiger partial charge in [-0.3, -0.25) is 10.4 Å². The third-order valence-corrected chi connectivity index (χ3v) is 3.01. The number of H-pyrrole nitrogens is 1. The Bertz CT molecular complexity index is 630. The molecule has 0 saturated carbocycles. The highest BCUT2D eigenvalue weighted by molar-refractivity contribution is 9.10. The summed E-state index contributed by atoms with van der Waals surface area (Å²) in [5.41, 5.74) is 0.284. The molecule has 2 rings (SSSR count). The zero-order valence-electron chi connectivity index (χ0n) is 12.7. The minimum Gasteiger partial charge on any atom is -0.453 e. The lowest BCUT2D eigenvalue weighted by atomic mass is 10.2. The Hall–Kier alpha value is -1.80. The highest BCUT2D eigenvalue weighted by Crippen LogP contribution is 2.16. The average molecular weight is 371 g/mol. The number of nitrogens with one attached hydrogen (secondary N) is 3. The van der Waals surface area contributed by atoms with Crippen molar-refractivity contribution in [2.45, 2.75) is 39.5 Å². The molecule has 0 aliphatic rings. The molecule has 2 heterocycles. The van der Waals surface area contributed by atoms with E-state index in [4.69, 9.17) is 9.15 Å². The van der Waals surface area contributed by atoms with E-state index in [-0.39, 0.29) is 0 Å². The number of carbonyl (C=O) groups is 1. The number of halogens is 1. The van der Waals surface area contributed by atoms with Crippen LogP contribution in [0.2, 0.25) is 0 Å². The zero-order chi connectivity index (χ0) is 16.2.